The second kappa shape index (κ2) is 6.05. The van der Waals surface area contributed by atoms with Gasteiger partial charge < -0.3 is 5.32 Å². The standard InChI is InChI=1S/C9H17N3S/c1-12-9(4-6-11-12)3-5-10-7-8-13-2/h4,6,10H,3,5,7-8H2,1-2H3. The summed E-state index contributed by atoms with van der Waals surface area (Å²) in [5, 5.41) is 7.51. The molecule has 0 aliphatic heterocycles. The maximum absolute atomic E-state index is 4.12. The Labute approximate surface area is 83.9 Å². The number of nitrogens with one attached hydrogen (secondary N) is 1. The second-order valence-corrected chi connectivity index (χ2v) is 3.92. The molecule has 0 atom stereocenters. The largest absolute Gasteiger partial charge is 0.316 e. The molecule has 0 spiro atoms. The van der Waals surface area contributed by atoms with E-state index in [1.165, 1.54) is 11.4 Å². The van der Waals surface area contributed by atoms with E-state index in [0.29, 0.717) is 0 Å². The Morgan fingerprint density at radius 1 is 1.54 bits per heavy atom. The molecule has 0 unspecified atom stereocenters. The fraction of sp³-hybridized carbons (Fsp3) is 0.667. The van der Waals surface area contributed by atoms with Crippen LogP contribution in [0.25, 0.3) is 0 Å². The van der Waals surface area contributed by atoms with Crippen LogP contribution in [0.2, 0.25) is 0 Å². The van der Waals surface area contributed by atoms with Gasteiger partial charge in [-0.15, -0.1) is 0 Å². The van der Waals surface area contributed by atoms with Crippen molar-refractivity contribution in [3.63, 3.8) is 0 Å². The van der Waals surface area contributed by atoms with Crippen LogP contribution in [0, 0.1) is 0 Å². The molecule has 1 N–H and O–H groups in total. The number of aryl methyl sites for hydroxylation is 1. The summed E-state index contributed by atoms with van der Waals surface area (Å²) >= 11 is 1.87. The van der Waals surface area contributed by atoms with Gasteiger partial charge in [0.15, 0.2) is 0 Å². The summed E-state index contributed by atoms with van der Waals surface area (Å²) in [4.78, 5) is 0. The van der Waals surface area contributed by atoms with Crippen molar-refractivity contribution in [2.75, 3.05) is 25.1 Å². The average molecular weight is 199 g/mol. The van der Waals surface area contributed by atoms with Crippen molar-refractivity contribution in [1.82, 2.24) is 15.1 Å². The molecule has 4 heteroatoms. The van der Waals surface area contributed by atoms with Gasteiger partial charge in [-0.3, -0.25) is 4.68 Å². The average Bonchev–Trinajstić information content (AvgIpc) is 2.52. The quantitative estimate of drug-likeness (QED) is 0.691. The molecule has 0 radical (unpaired) electrons. The Hall–Kier alpha value is -0.480. The third-order valence-corrected chi connectivity index (χ3v) is 2.58. The molecule has 0 aliphatic rings. The fourth-order valence-corrected chi connectivity index (χ4v) is 1.51. The third-order valence-electron chi connectivity index (χ3n) is 1.96. The van der Waals surface area contributed by atoms with Crippen LogP contribution in [0.3, 0.4) is 0 Å². The zero-order valence-electron chi connectivity index (χ0n) is 8.29. The lowest BCUT2D eigenvalue weighted by molar-refractivity contribution is 0.660. The molecule has 0 amide bonds. The van der Waals surface area contributed by atoms with Gasteiger partial charge >= 0.3 is 0 Å². The zero-order valence-corrected chi connectivity index (χ0v) is 9.10. The van der Waals surface area contributed by atoms with E-state index < -0.39 is 0 Å². The lowest BCUT2D eigenvalue weighted by Gasteiger charge is -2.03. The highest BCUT2D eigenvalue weighted by Crippen LogP contribution is 1.96. The summed E-state index contributed by atoms with van der Waals surface area (Å²) in [6, 6.07) is 2.07. The van der Waals surface area contributed by atoms with Gasteiger partial charge in [0.25, 0.3) is 0 Å². The number of hydrogen-bond donors (Lipinski definition) is 1. The van der Waals surface area contributed by atoms with Gasteiger partial charge in [0.1, 0.15) is 0 Å². The summed E-state index contributed by atoms with van der Waals surface area (Å²) in [5.41, 5.74) is 1.29. The van der Waals surface area contributed by atoms with Gasteiger partial charge in [-0.05, 0) is 12.3 Å². The van der Waals surface area contributed by atoms with E-state index in [4.69, 9.17) is 0 Å². The van der Waals surface area contributed by atoms with E-state index in [9.17, 15) is 0 Å². The van der Waals surface area contributed by atoms with Crippen molar-refractivity contribution in [2.24, 2.45) is 7.05 Å². The minimum absolute atomic E-state index is 1.04. The first kappa shape index (κ1) is 10.6. The predicted molar refractivity (Wildman–Crippen MR) is 58.2 cm³/mol. The van der Waals surface area contributed by atoms with Gasteiger partial charge in [-0.2, -0.15) is 16.9 Å². The third kappa shape index (κ3) is 3.83. The number of hydrogen-bond acceptors (Lipinski definition) is 3. The maximum Gasteiger partial charge on any atom is 0.0492 e. The van der Waals surface area contributed by atoms with E-state index >= 15 is 0 Å². The lowest BCUT2D eigenvalue weighted by Crippen LogP contribution is -2.20. The molecule has 13 heavy (non-hydrogen) atoms. The highest BCUT2D eigenvalue weighted by atomic mass is 32.2. The number of rotatable bonds is 6. The predicted octanol–water partition coefficient (Wildman–Crippen LogP) is 0.915. The van der Waals surface area contributed by atoms with Crippen LogP contribution in [0.1, 0.15) is 5.69 Å². The van der Waals surface area contributed by atoms with Gasteiger partial charge in [-0.25, -0.2) is 0 Å². The van der Waals surface area contributed by atoms with Gasteiger partial charge in [0.05, 0.1) is 0 Å². The molecular weight excluding hydrogens is 182 g/mol. The monoisotopic (exact) mass is 199 g/mol. The summed E-state index contributed by atoms with van der Waals surface area (Å²) in [6.07, 6.45) is 5.03. The van der Waals surface area contributed by atoms with Crippen molar-refractivity contribution < 1.29 is 0 Å². The molecule has 0 fully saturated rings. The van der Waals surface area contributed by atoms with E-state index in [-0.39, 0.29) is 0 Å². The van der Waals surface area contributed by atoms with E-state index in [1.54, 1.807) is 0 Å². The smallest absolute Gasteiger partial charge is 0.0492 e. The van der Waals surface area contributed by atoms with Crippen molar-refractivity contribution in [3.05, 3.63) is 18.0 Å². The first-order valence-corrected chi connectivity index (χ1v) is 5.90. The SMILES string of the molecule is CSCCNCCc1ccnn1C. The van der Waals surface area contributed by atoms with Crippen LogP contribution >= 0.6 is 11.8 Å². The van der Waals surface area contributed by atoms with Crippen molar-refractivity contribution >= 4 is 11.8 Å². The molecule has 0 bridgehead atoms. The summed E-state index contributed by atoms with van der Waals surface area (Å²) in [5.74, 6) is 1.19. The Kier molecular flexibility index (Phi) is 4.93. The molecule has 0 aliphatic carbocycles. The van der Waals surface area contributed by atoms with Crippen molar-refractivity contribution in [3.8, 4) is 0 Å². The summed E-state index contributed by atoms with van der Waals surface area (Å²) in [7, 11) is 1.98. The highest BCUT2D eigenvalue weighted by molar-refractivity contribution is 7.98. The topological polar surface area (TPSA) is 29.9 Å². The number of thioether (sulfide) groups is 1. The van der Waals surface area contributed by atoms with Crippen molar-refractivity contribution in [2.45, 2.75) is 6.42 Å². The van der Waals surface area contributed by atoms with Crippen LogP contribution in [0.4, 0.5) is 0 Å². The molecule has 0 saturated carbocycles. The van der Waals surface area contributed by atoms with E-state index in [1.807, 2.05) is 29.7 Å². The molecule has 0 aromatic carbocycles. The van der Waals surface area contributed by atoms with Gasteiger partial charge in [0.2, 0.25) is 0 Å². The minimum Gasteiger partial charge on any atom is -0.316 e. The maximum atomic E-state index is 4.12. The van der Waals surface area contributed by atoms with Gasteiger partial charge in [-0.1, -0.05) is 0 Å². The number of nitrogens with zero attached hydrogens (tertiary/aromatic N) is 2. The molecule has 1 rings (SSSR count). The highest BCUT2D eigenvalue weighted by Gasteiger charge is 1.96. The molecule has 74 valence electrons. The molecule has 1 aromatic rings. The normalized spacial score (nSPS) is 10.6. The van der Waals surface area contributed by atoms with Crippen LogP contribution in [0.15, 0.2) is 12.3 Å². The Bertz CT molecular complexity index is 235. The summed E-state index contributed by atoms with van der Waals surface area (Å²) < 4.78 is 1.93. The fourth-order valence-electron chi connectivity index (χ4n) is 1.16. The Morgan fingerprint density at radius 2 is 2.38 bits per heavy atom. The van der Waals surface area contributed by atoms with Crippen molar-refractivity contribution in [1.29, 1.82) is 0 Å². The van der Waals surface area contributed by atoms with Crippen LogP contribution in [-0.2, 0) is 13.5 Å². The van der Waals surface area contributed by atoms with Crippen LogP contribution in [0.5, 0.6) is 0 Å². The first-order chi connectivity index (χ1) is 6.34. The Morgan fingerprint density at radius 3 is 3.00 bits per heavy atom. The minimum atomic E-state index is 1.04. The second-order valence-electron chi connectivity index (χ2n) is 2.94. The molecule has 0 saturated heterocycles. The molecular formula is C9H17N3S. The van der Waals surface area contributed by atoms with E-state index in [2.05, 4.69) is 22.7 Å². The van der Waals surface area contributed by atoms with Gasteiger partial charge in [0, 0.05) is 44.2 Å². The lowest BCUT2D eigenvalue weighted by atomic mass is 10.3. The summed E-state index contributed by atoms with van der Waals surface area (Å²) in [6.45, 7) is 2.14. The molecule has 3 nitrogen and oxygen atoms in total. The zero-order chi connectivity index (χ0) is 9.52. The number of aromatic nitrogens is 2. The van der Waals surface area contributed by atoms with E-state index in [0.717, 1.165) is 19.5 Å². The van der Waals surface area contributed by atoms with Crippen LogP contribution < -0.4 is 5.32 Å². The van der Waals surface area contributed by atoms with Crippen LogP contribution in [-0.4, -0.2) is 34.9 Å². The Balaban J connectivity index is 2.10. The first-order valence-electron chi connectivity index (χ1n) is 4.51. The molecule has 1 aromatic heterocycles. The molecule has 1 heterocycles.